The van der Waals surface area contributed by atoms with Crippen molar-refractivity contribution >= 4 is 26.7 Å². The predicted molar refractivity (Wildman–Crippen MR) is 96.3 cm³/mol. The number of fused-ring (bicyclic) bond motifs is 1. The SMILES string of the molecule is O=S1(=O)NC(O)=CN1c1cc2cc(-c3ccccc3)ccc2cc1O. The minimum Gasteiger partial charge on any atom is -0.506 e. The third-order valence-corrected chi connectivity index (χ3v) is 5.30. The van der Waals surface area contributed by atoms with Crippen LogP contribution in [0.1, 0.15) is 0 Å². The summed E-state index contributed by atoms with van der Waals surface area (Å²) in [7, 11) is -3.96. The van der Waals surface area contributed by atoms with E-state index >= 15 is 0 Å². The number of phenols is 1. The fourth-order valence-electron chi connectivity index (χ4n) is 2.85. The summed E-state index contributed by atoms with van der Waals surface area (Å²) >= 11 is 0. The number of phenolic OH excluding ortho intramolecular Hbond substituents is 1. The number of rotatable bonds is 2. The van der Waals surface area contributed by atoms with E-state index in [0.29, 0.717) is 0 Å². The highest BCUT2D eigenvalue weighted by atomic mass is 32.2. The molecule has 126 valence electrons. The van der Waals surface area contributed by atoms with Crippen molar-refractivity contribution in [3.05, 3.63) is 72.7 Å². The summed E-state index contributed by atoms with van der Waals surface area (Å²) in [5.74, 6) is -0.700. The van der Waals surface area contributed by atoms with Gasteiger partial charge in [0.15, 0.2) is 0 Å². The number of benzene rings is 3. The summed E-state index contributed by atoms with van der Waals surface area (Å²) in [4.78, 5) is 0. The fraction of sp³-hybridized carbons (Fsp3) is 0. The molecule has 6 nitrogen and oxygen atoms in total. The summed E-state index contributed by atoms with van der Waals surface area (Å²) in [5.41, 5.74) is 2.08. The molecule has 0 aromatic heterocycles. The molecule has 0 saturated carbocycles. The van der Waals surface area contributed by atoms with Crippen molar-refractivity contribution in [2.75, 3.05) is 4.31 Å². The van der Waals surface area contributed by atoms with Crippen LogP contribution in [0.4, 0.5) is 5.69 Å². The number of nitrogens with zero attached hydrogens (tertiary/aromatic N) is 1. The Hall–Kier alpha value is -3.19. The standard InChI is InChI=1S/C18H14N2O4S/c21-17-10-14-7-6-13(12-4-2-1-3-5-12)8-15(14)9-16(17)20-11-18(22)19-25(20,23)24/h1-11,19,21-22H. The number of aromatic hydroxyl groups is 1. The molecular weight excluding hydrogens is 340 g/mol. The lowest BCUT2D eigenvalue weighted by Crippen LogP contribution is -2.29. The molecule has 3 aromatic carbocycles. The van der Waals surface area contributed by atoms with E-state index in [1.54, 1.807) is 6.07 Å². The predicted octanol–water partition coefficient (Wildman–Crippen LogP) is 3.22. The zero-order valence-electron chi connectivity index (χ0n) is 12.9. The summed E-state index contributed by atoms with van der Waals surface area (Å²) in [6.07, 6.45) is 1.01. The zero-order chi connectivity index (χ0) is 17.6. The van der Waals surface area contributed by atoms with Crippen molar-refractivity contribution in [2.45, 2.75) is 0 Å². The molecule has 0 atom stereocenters. The Balaban J connectivity index is 1.88. The third kappa shape index (κ3) is 2.64. The topological polar surface area (TPSA) is 89.9 Å². The van der Waals surface area contributed by atoms with Crippen LogP contribution < -0.4 is 9.03 Å². The molecule has 3 aromatic rings. The van der Waals surface area contributed by atoms with E-state index in [9.17, 15) is 18.6 Å². The van der Waals surface area contributed by atoms with Crippen molar-refractivity contribution in [2.24, 2.45) is 0 Å². The van der Waals surface area contributed by atoms with Gasteiger partial charge < -0.3 is 10.2 Å². The maximum atomic E-state index is 12.0. The molecule has 0 unspecified atom stereocenters. The molecule has 3 N–H and O–H groups in total. The number of nitrogens with one attached hydrogen (secondary N) is 1. The lowest BCUT2D eigenvalue weighted by Gasteiger charge is -2.16. The maximum Gasteiger partial charge on any atom is 0.330 e. The summed E-state index contributed by atoms with van der Waals surface area (Å²) in [6.45, 7) is 0. The average molecular weight is 354 g/mol. The van der Waals surface area contributed by atoms with Gasteiger partial charge in [-0.3, -0.25) is 0 Å². The maximum absolute atomic E-state index is 12.0. The van der Waals surface area contributed by atoms with Crippen LogP contribution in [0.25, 0.3) is 21.9 Å². The molecular formula is C18H14N2O4S. The third-order valence-electron chi connectivity index (χ3n) is 4.01. The van der Waals surface area contributed by atoms with Crippen LogP contribution in [0.5, 0.6) is 5.75 Å². The van der Waals surface area contributed by atoms with Crippen molar-refractivity contribution < 1.29 is 18.6 Å². The van der Waals surface area contributed by atoms with E-state index in [1.165, 1.54) is 6.07 Å². The number of aliphatic hydroxyl groups is 1. The number of hydrogen-bond donors (Lipinski definition) is 3. The van der Waals surface area contributed by atoms with Crippen LogP contribution in [-0.2, 0) is 10.2 Å². The van der Waals surface area contributed by atoms with Crippen molar-refractivity contribution in [1.82, 2.24) is 4.72 Å². The van der Waals surface area contributed by atoms with Crippen LogP contribution in [0.3, 0.4) is 0 Å². The van der Waals surface area contributed by atoms with E-state index in [4.69, 9.17) is 0 Å². The summed E-state index contributed by atoms with van der Waals surface area (Å²) < 4.78 is 26.9. The minimum absolute atomic E-state index is 0.0641. The largest absolute Gasteiger partial charge is 0.506 e. The quantitative estimate of drug-likeness (QED) is 0.659. The molecule has 0 radical (unpaired) electrons. The molecule has 25 heavy (non-hydrogen) atoms. The van der Waals surface area contributed by atoms with Crippen LogP contribution in [0, 0.1) is 0 Å². The number of aliphatic hydroxyl groups excluding tert-OH is 1. The molecule has 4 rings (SSSR count). The molecule has 1 heterocycles. The van der Waals surface area contributed by atoms with Gasteiger partial charge in [0.05, 0.1) is 6.20 Å². The summed E-state index contributed by atoms with van der Waals surface area (Å²) in [5, 5.41) is 21.2. The van der Waals surface area contributed by atoms with E-state index in [-0.39, 0.29) is 11.4 Å². The highest BCUT2D eigenvalue weighted by molar-refractivity contribution is 7.91. The van der Waals surface area contributed by atoms with Gasteiger partial charge in [0, 0.05) is 0 Å². The monoisotopic (exact) mass is 354 g/mol. The molecule has 0 aliphatic carbocycles. The lowest BCUT2D eigenvalue weighted by molar-refractivity contribution is 0.392. The fourth-order valence-corrected chi connectivity index (χ4v) is 3.91. The van der Waals surface area contributed by atoms with Crippen LogP contribution in [0.2, 0.25) is 0 Å². The first-order valence-corrected chi connectivity index (χ1v) is 8.93. The van der Waals surface area contributed by atoms with Gasteiger partial charge >= 0.3 is 10.2 Å². The summed E-state index contributed by atoms with van der Waals surface area (Å²) in [6, 6.07) is 18.6. The van der Waals surface area contributed by atoms with Gasteiger partial charge in [-0.1, -0.05) is 42.5 Å². The normalized spacial score (nSPS) is 15.8. The molecule has 0 spiro atoms. The van der Waals surface area contributed by atoms with Crippen LogP contribution >= 0.6 is 0 Å². The van der Waals surface area contributed by atoms with E-state index in [2.05, 4.69) is 0 Å². The smallest absolute Gasteiger partial charge is 0.330 e. The Kier molecular flexibility index (Phi) is 3.33. The van der Waals surface area contributed by atoms with Gasteiger partial charge in [-0.25, -0.2) is 9.03 Å². The second kappa shape index (κ2) is 5.42. The lowest BCUT2D eigenvalue weighted by atomic mass is 10.0. The Morgan fingerprint density at radius 2 is 1.60 bits per heavy atom. The Labute approximate surface area is 144 Å². The van der Waals surface area contributed by atoms with Gasteiger partial charge in [0.25, 0.3) is 0 Å². The second-order valence-electron chi connectivity index (χ2n) is 5.69. The van der Waals surface area contributed by atoms with Crippen molar-refractivity contribution in [1.29, 1.82) is 0 Å². The minimum atomic E-state index is -3.96. The molecule has 0 amide bonds. The van der Waals surface area contributed by atoms with Crippen molar-refractivity contribution in [3.8, 4) is 16.9 Å². The van der Waals surface area contributed by atoms with Crippen LogP contribution in [-0.4, -0.2) is 18.6 Å². The first kappa shape index (κ1) is 15.3. The highest BCUT2D eigenvalue weighted by Gasteiger charge is 2.30. The Morgan fingerprint density at radius 3 is 2.28 bits per heavy atom. The molecule has 0 fully saturated rings. The van der Waals surface area contributed by atoms with Gasteiger partial charge in [-0.2, -0.15) is 8.42 Å². The molecule has 0 bridgehead atoms. The zero-order valence-corrected chi connectivity index (χ0v) is 13.7. The van der Waals surface area contributed by atoms with Gasteiger partial charge in [-0.15, -0.1) is 0 Å². The number of anilines is 1. The van der Waals surface area contributed by atoms with Crippen LogP contribution in [0.15, 0.2) is 72.7 Å². The first-order valence-electron chi connectivity index (χ1n) is 7.49. The van der Waals surface area contributed by atoms with E-state index < -0.39 is 16.1 Å². The van der Waals surface area contributed by atoms with E-state index in [1.807, 2.05) is 53.3 Å². The number of hydrogen-bond acceptors (Lipinski definition) is 4. The average Bonchev–Trinajstić information content (AvgIpc) is 2.87. The van der Waals surface area contributed by atoms with E-state index in [0.717, 1.165) is 32.4 Å². The Bertz CT molecular complexity index is 1110. The van der Waals surface area contributed by atoms with Gasteiger partial charge in [-0.05, 0) is 40.1 Å². The molecule has 0 saturated heterocycles. The molecule has 1 aliphatic rings. The second-order valence-corrected chi connectivity index (χ2v) is 7.23. The first-order chi connectivity index (χ1) is 11.9. The Morgan fingerprint density at radius 1 is 0.840 bits per heavy atom. The van der Waals surface area contributed by atoms with Gasteiger partial charge in [0.2, 0.25) is 5.88 Å². The highest BCUT2D eigenvalue weighted by Crippen LogP contribution is 2.36. The molecule has 1 aliphatic heterocycles. The molecule has 7 heteroatoms. The van der Waals surface area contributed by atoms with Crippen molar-refractivity contribution in [3.63, 3.8) is 0 Å². The van der Waals surface area contributed by atoms with Gasteiger partial charge in [0.1, 0.15) is 11.4 Å².